The van der Waals surface area contributed by atoms with Gasteiger partial charge in [0.05, 0.1) is 26.5 Å². The second-order valence-corrected chi connectivity index (χ2v) is 6.63. The molecule has 0 bridgehead atoms. The number of aryl methyl sites for hydroxylation is 2. The average molecular weight is 411 g/mol. The molecule has 0 spiro atoms. The van der Waals surface area contributed by atoms with E-state index in [1.165, 1.54) is 14.2 Å². The van der Waals surface area contributed by atoms with Gasteiger partial charge < -0.3 is 24.1 Å². The van der Waals surface area contributed by atoms with Crippen LogP contribution < -0.4 is 19.5 Å². The van der Waals surface area contributed by atoms with Crippen molar-refractivity contribution in [2.45, 2.75) is 32.6 Å². The number of alkyl halides is 1. The fourth-order valence-corrected chi connectivity index (χ4v) is 2.80. The highest BCUT2D eigenvalue weighted by molar-refractivity contribution is 6.18. The lowest BCUT2D eigenvalue weighted by atomic mass is 10.1. The zero-order valence-electron chi connectivity index (χ0n) is 16.5. The molecule has 1 heterocycles. The average Bonchev–Trinajstić information content (AvgIpc) is 3.13. The van der Waals surface area contributed by atoms with E-state index in [0.717, 1.165) is 37.1 Å². The molecule has 0 radical (unpaired) electrons. The van der Waals surface area contributed by atoms with E-state index in [-0.39, 0.29) is 5.91 Å². The van der Waals surface area contributed by atoms with Crippen LogP contribution in [0.1, 0.15) is 41.1 Å². The number of carbonyl (C=O) groups excluding carboxylic acids is 1. The fraction of sp³-hybridized carbons (Fsp3) is 0.500. The standard InChI is InChI=1S/C20H27ClN2O5/c1-14-11-16(28-23-14)7-5-4-6-10-27-19-17(25-2)12-15(13-18(19)26-3)20(24)22-9-8-21/h11-13H,4-10H2,1-3H3,(H,22,24). The summed E-state index contributed by atoms with van der Waals surface area (Å²) < 4.78 is 21.9. The number of nitrogens with zero attached hydrogens (tertiary/aromatic N) is 1. The largest absolute Gasteiger partial charge is 0.493 e. The number of amides is 1. The van der Waals surface area contributed by atoms with Gasteiger partial charge in [-0.3, -0.25) is 4.79 Å². The Bertz CT molecular complexity index is 738. The van der Waals surface area contributed by atoms with Crippen LogP contribution in [0.15, 0.2) is 22.7 Å². The SMILES string of the molecule is COc1cc(C(=O)NCCCl)cc(OC)c1OCCCCCc1cc(C)no1. The third-order valence-corrected chi connectivity index (χ3v) is 4.28. The van der Waals surface area contributed by atoms with Gasteiger partial charge in [-0.25, -0.2) is 0 Å². The Balaban J connectivity index is 1.89. The van der Waals surface area contributed by atoms with Gasteiger partial charge in [0.15, 0.2) is 11.5 Å². The Morgan fingerprint density at radius 3 is 2.43 bits per heavy atom. The Kier molecular flexibility index (Phi) is 8.94. The van der Waals surface area contributed by atoms with Gasteiger partial charge in [-0.1, -0.05) is 5.16 Å². The molecule has 1 aromatic heterocycles. The molecular formula is C20H27ClN2O5. The highest BCUT2D eigenvalue weighted by Gasteiger charge is 2.17. The minimum atomic E-state index is -0.244. The molecule has 1 aromatic carbocycles. The maximum absolute atomic E-state index is 12.2. The first kappa shape index (κ1) is 21.9. The number of aromatic nitrogens is 1. The molecule has 2 rings (SSSR count). The van der Waals surface area contributed by atoms with E-state index in [2.05, 4.69) is 10.5 Å². The first-order valence-corrected chi connectivity index (χ1v) is 9.77. The summed E-state index contributed by atoms with van der Waals surface area (Å²) in [7, 11) is 3.06. The van der Waals surface area contributed by atoms with Gasteiger partial charge in [0, 0.05) is 30.5 Å². The molecule has 0 saturated heterocycles. The van der Waals surface area contributed by atoms with Gasteiger partial charge >= 0.3 is 0 Å². The summed E-state index contributed by atoms with van der Waals surface area (Å²) in [5.74, 6) is 2.40. The molecule has 7 nitrogen and oxygen atoms in total. The van der Waals surface area contributed by atoms with Crippen LogP contribution in [0.4, 0.5) is 0 Å². The Hall–Kier alpha value is -2.41. The van der Waals surface area contributed by atoms with Crippen molar-refractivity contribution in [2.24, 2.45) is 0 Å². The summed E-state index contributed by atoms with van der Waals surface area (Å²) in [6, 6.07) is 5.22. The van der Waals surface area contributed by atoms with Crippen molar-refractivity contribution in [1.29, 1.82) is 0 Å². The number of benzene rings is 1. The maximum atomic E-state index is 12.2. The number of rotatable bonds is 12. The number of nitrogens with one attached hydrogen (secondary N) is 1. The first-order chi connectivity index (χ1) is 13.6. The second-order valence-electron chi connectivity index (χ2n) is 6.25. The number of hydrogen-bond acceptors (Lipinski definition) is 6. The van der Waals surface area contributed by atoms with Crippen LogP contribution in [0.2, 0.25) is 0 Å². The zero-order chi connectivity index (χ0) is 20.4. The smallest absolute Gasteiger partial charge is 0.251 e. The fourth-order valence-electron chi connectivity index (χ4n) is 2.70. The maximum Gasteiger partial charge on any atom is 0.251 e. The monoisotopic (exact) mass is 410 g/mol. The summed E-state index contributed by atoms with van der Waals surface area (Å²) in [6.07, 6.45) is 3.71. The molecule has 0 aliphatic carbocycles. The zero-order valence-corrected chi connectivity index (χ0v) is 17.3. The Labute approximate surface area is 170 Å². The summed E-state index contributed by atoms with van der Waals surface area (Å²) in [5.41, 5.74) is 1.32. The van der Waals surface area contributed by atoms with Gasteiger partial charge in [0.1, 0.15) is 5.76 Å². The van der Waals surface area contributed by atoms with Crippen LogP contribution in [-0.4, -0.2) is 44.3 Å². The van der Waals surface area contributed by atoms with E-state index in [0.29, 0.717) is 41.8 Å². The molecule has 0 unspecified atom stereocenters. The van der Waals surface area contributed by atoms with E-state index < -0.39 is 0 Å². The van der Waals surface area contributed by atoms with Gasteiger partial charge in [-0.15, -0.1) is 11.6 Å². The topological polar surface area (TPSA) is 82.8 Å². The summed E-state index contributed by atoms with van der Waals surface area (Å²) in [6.45, 7) is 2.81. The van der Waals surface area contributed by atoms with Crippen molar-refractivity contribution in [2.75, 3.05) is 33.3 Å². The minimum absolute atomic E-state index is 0.244. The van der Waals surface area contributed by atoms with E-state index in [1.807, 2.05) is 13.0 Å². The van der Waals surface area contributed by atoms with Crippen LogP contribution in [0.25, 0.3) is 0 Å². The molecule has 28 heavy (non-hydrogen) atoms. The van der Waals surface area contributed by atoms with E-state index >= 15 is 0 Å². The molecule has 0 atom stereocenters. The summed E-state index contributed by atoms with van der Waals surface area (Å²) >= 11 is 5.61. The van der Waals surface area contributed by atoms with Crippen molar-refractivity contribution in [3.05, 3.63) is 35.2 Å². The quantitative estimate of drug-likeness (QED) is 0.423. The molecular weight excluding hydrogens is 384 g/mol. The Morgan fingerprint density at radius 2 is 1.86 bits per heavy atom. The van der Waals surface area contributed by atoms with Gasteiger partial charge in [0.2, 0.25) is 5.75 Å². The van der Waals surface area contributed by atoms with Crippen LogP contribution in [-0.2, 0) is 6.42 Å². The van der Waals surface area contributed by atoms with Gasteiger partial charge in [-0.2, -0.15) is 0 Å². The molecule has 0 aliphatic heterocycles. The van der Waals surface area contributed by atoms with Crippen LogP contribution in [0.5, 0.6) is 17.2 Å². The molecule has 2 aromatic rings. The van der Waals surface area contributed by atoms with Crippen molar-refractivity contribution in [3.8, 4) is 17.2 Å². The first-order valence-electron chi connectivity index (χ1n) is 9.24. The number of halogens is 1. The molecule has 0 saturated carbocycles. The van der Waals surface area contributed by atoms with Crippen LogP contribution in [0.3, 0.4) is 0 Å². The number of hydrogen-bond donors (Lipinski definition) is 1. The van der Waals surface area contributed by atoms with Gasteiger partial charge in [0.25, 0.3) is 5.91 Å². The lowest BCUT2D eigenvalue weighted by Gasteiger charge is -2.16. The molecule has 0 fully saturated rings. The number of unbranched alkanes of at least 4 members (excludes halogenated alkanes) is 2. The van der Waals surface area contributed by atoms with Crippen molar-refractivity contribution in [1.82, 2.24) is 10.5 Å². The van der Waals surface area contributed by atoms with Crippen molar-refractivity contribution < 1.29 is 23.5 Å². The van der Waals surface area contributed by atoms with Gasteiger partial charge in [-0.05, 0) is 38.3 Å². The lowest BCUT2D eigenvalue weighted by molar-refractivity contribution is 0.0955. The molecule has 1 N–H and O–H groups in total. The highest BCUT2D eigenvalue weighted by atomic mass is 35.5. The van der Waals surface area contributed by atoms with E-state index in [1.54, 1.807) is 12.1 Å². The summed E-state index contributed by atoms with van der Waals surface area (Å²) in [5, 5.41) is 6.60. The molecule has 1 amide bonds. The summed E-state index contributed by atoms with van der Waals surface area (Å²) in [4.78, 5) is 12.2. The minimum Gasteiger partial charge on any atom is -0.493 e. The van der Waals surface area contributed by atoms with E-state index in [4.69, 9.17) is 30.3 Å². The van der Waals surface area contributed by atoms with Crippen LogP contribution >= 0.6 is 11.6 Å². The third kappa shape index (κ3) is 6.34. The molecule has 0 aliphatic rings. The molecule has 8 heteroatoms. The normalized spacial score (nSPS) is 10.6. The van der Waals surface area contributed by atoms with Crippen molar-refractivity contribution >= 4 is 17.5 Å². The van der Waals surface area contributed by atoms with E-state index in [9.17, 15) is 4.79 Å². The Morgan fingerprint density at radius 1 is 1.14 bits per heavy atom. The lowest BCUT2D eigenvalue weighted by Crippen LogP contribution is -2.25. The van der Waals surface area contributed by atoms with Crippen LogP contribution in [0, 0.1) is 6.92 Å². The highest BCUT2D eigenvalue weighted by Crippen LogP contribution is 2.38. The number of methoxy groups -OCH3 is 2. The number of ether oxygens (including phenoxy) is 3. The van der Waals surface area contributed by atoms with Crippen molar-refractivity contribution in [3.63, 3.8) is 0 Å². The predicted octanol–water partition coefficient (Wildman–Crippen LogP) is 3.76. The molecule has 154 valence electrons. The number of carbonyl (C=O) groups is 1. The second kappa shape index (κ2) is 11.4. The predicted molar refractivity (Wildman–Crippen MR) is 107 cm³/mol. The third-order valence-electron chi connectivity index (χ3n) is 4.09.